The molecule has 0 fully saturated rings. The van der Waals surface area contributed by atoms with Gasteiger partial charge in [0.15, 0.2) is 0 Å². The van der Waals surface area contributed by atoms with Crippen molar-refractivity contribution in [1.29, 1.82) is 0 Å². The highest BCUT2D eigenvalue weighted by molar-refractivity contribution is 6.11. The van der Waals surface area contributed by atoms with Crippen LogP contribution in [0.3, 0.4) is 0 Å². The molecule has 10 aromatic rings. The molecule has 0 heterocycles. The fraction of sp³-hybridized carbons (Fsp3) is 0.0667. The summed E-state index contributed by atoms with van der Waals surface area (Å²) in [7, 11) is 0. The van der Waals surface area contributed by atoms with Gasteiger partial charge < -0.3 is 4.90 Å². The monoisotopic (exact) mass is 779 g/mol. The van der Waals surface area contributed by atoms with Crippen molar-refractivity contribution in [3.8, 4) is 22.3 Å². The quantitative estimate of drug-likeness (QED) is 0.139. The van der Waals surface area contributed by atoms with Crippen molar-refractivity contribution in [2.75, 3.05) is 4.90 Å². The number of benzene rings is 10. The van der Waals surface area contributed by atoms with Crippen molar-refractivity contribution in [2.24, 2.45) is 0 Å². The van der Waals surface area contributed by atoms with Crippen LogP contribution >= 0.6 is 0 Å². The summed E-state index contributed by atoms with van der Waals surface area (Å²) >= 11 is 0. The zero-order valence-electron chi connectivity index (χ0n) is 34.5. The van der Waals surface area contributed by atoms with Crippen LogP contribution in [0.4, 0.5) is 17.1 Å². The summed E-state index contributed by atoms with van der Waals surface area (Å²) in [5, 5.41) is 4.90. The Morgan fingerprint density at radius 2 is 0.820 bits per heavy atom. The molecule has 1 aliphatic carbocycles. The van der Waals surface area contributed by atoms with Gasteiger partial charge >= 0.3 is 0 Å². The van der Waals surface area contributed by atoms with Crippen LogP contribution in [0.15, 0.2) is 237 Å². The third-order valence-electron chi connectivity index (χ3n) is 13.2. The van der Waals surface area contributed by atoms with E-state index in [0.29, 0.717) is 0 Å². The molecule has 0 amide bonds. The first-order chi connectivity index (χ1) is 30.0. The molecule has 0 radical (unpaired) electrons. The first kappa shape index (κ1) is 36.6. The molecule has 0 N–H and O–H groups in total. The maximum absolute atomic E-state index is 2.50. The summed E-state index contributed by atoms with van der Waals surface area (Å²) < 4.78 is 0. The SMILES string of the molecule is CC1(C)c2ccccc2-c2cc(N(c3ccc(C(c4ccccc4)(c4ccccc4)c4ccccc4)cc3)c3ccc4ccccc4c3-c3cccc4ccccc34)ccc21. The Bertz CT molecular complexity index is 3100. The maximum Gasteiger partial charge on any atom is 0.0701 e. The minimum absolute atomic E-state index is 0.0936. The average Bonchev–Trinajstić information content (AvgIpc) is 3.55. The highest BCUT2D eigenvalue weighted by atomic mass is 15.1. The summed E-state index contributed by atoms with van der Waals surface area (Å²) in [6.07, 6.45) is 0. The van der Waals surface area contributed by atoms with Crippen molar-refractivity contribution in [1.82, 2.24) is 0 Å². The van der Waals surface area contributed by atoms with E-state index in [9.17, 15) is 0 Å². The van der Waals surface area contributed by atoms with E-state index in [1.807, 2.05) is 0 Å². The molecule has 0 atom stereocenters. The van der Waals surface area contributed by atoms with Crippen molar-refractivity contribution in [3.05, 3.63) is 270 Å². The van der Waals surface area contributed by atoms with Gasteiger partial charge in [-0.1, -0.05) is 220 Å². The molecule has 0 bridgehead atoms. The number of fused-ring (bicyclic) bond motifs is 5. The molecule has 0 aromatic heterocycles. The molecule has 1 heteroatoms. The van der Waals surface area contributed by atoms with Crippen LogP contribution in [0.1, 0.15) is 47.2 Å². The van der Waals surface area contributed by atoms with E-state index in [2.05, 4.69) is 255 Å². The van der Waals surface area contributed by atoms with Gasteiger partial charge in [-0.2, -0.15) is 0 Å². The number of hydrogen-bond donors (Lipinski definition) is 0. The molecule has 1 aliphatic rings. The van der Waals surface area contributed by atoms with Crippen molar-refractivity contribution >= 4 is 38.6 Å². The first-order valence-electron chi connectivity index (χ1n) is 21.3. The summed E-state index contributed by atoms with van der Waals surface area (Å²) in [5.74, 6) is 0. The molecule has 10 aromatic carbocycles. The fourth-order valence-corrected chi connectivity index (χ4v) is 10.4. The zero-order valence-corrected chi connectivity index (χ0v) is 34.5. The van der Waals surface area contributed by atoms with Crippen molar-refractivity contribution in [3.63, 3.8) is 0 Å². The third kappa shape index (κ3) is 5.84. The highest BCUT2D eigenvalue weighted by Crippen LogP contribution is 2.53. The molecular formula is C60H45N. The van der Waals surface area contributed by atoms with E-state index in [1.54, 1.807) is 0 Å². The van der Waals surface area contributed by atoms with Crippen LogP contribution < -0.4 is 4.90 Å². The zero-order chi connectivity index (χ0) is 41.0. The van der Waals surface area contributed by atoms with E-state index in [1.165, 1.54) is 77.2 Å². The van der Waals surface area contributed by atoms with E-state index in [4.69, 9.17) is 0 Å². The molecule has 11 rings (SSSR count). The minimum atomic E-state index is -0.549. The predicted molar refractivity (Wildman–Crippen MR) is 257 cm³/mol. The number of rotatable bonds is 8. The topological polar surface area (TPSA) is 3.24 Å². The molecule has 1 nitrogen and oxygen atoms in total. The van der Waals surface area contributed by atoms with Gasteiger partial charge in [-0.25, -0.2) is 0 Å². The Balaban J connectivity index is 1.19. The van der Waals surface area contributed by atoms with E-state index < -0.39 is 5.41 Å². The molecular weight excluding hydrogens is 735 g/mol. The highest BCUT2D eigenvalue weighted by Gasteiger charge is 2.39. The minimum Gasteiger partial charge on any atom is -0.310 e. The van der Waals surface area contributed by atoms with Crippen molar-refractivity contribution in [2.45, 2.75) is 24.7 Å². The lowest BCUT2D eigenvalue weighted by Gasteiger charge is -2.37. The van der Waals surface area contributed by atoms with Gasteiger partial charge in [-0.15, -0.1) is 0 Å². The first-order valence-corrected chi connectivity index (χ1v) is 21.3. The largest absolute Gasteiger partial charge is 0.310 e. The molecule has 0 spiro atoms. The van der Waals surface area contributed by atoms with Gasteiger partial charge in [0.1, 0.15) is 0 Å². The second-order valence-corrected chi connectivity index (χ2v) is 16.8. The summed E-state index contributed by atoms with van der Waals surface area (Å²) in [4.78, 5) is 2.50. The van der Waals surface area contributed by atoms with Crippen LogP contribution in [-0.4, -0.2) is 0 Å². The Morgan fingerprint density at radius 3 is 1.48 bits per heavy atom. The fourth-order valence-electron chi connectivity index (χ4n) is 10.4. The van der Waals surface area contributed by atoms with Crippen LogP contribution in [0.25, 0.3) is 43.8 Å². The Kier molecular flexibility index (Phi) is 8.79. The van der Waals surface area contributed by atoms with Crippen molar-refractivity contribution < 1.29 is 0 Å². The molecule has 0 unspecified atom stereocenters. The Morgan fingerprint density at radius 1 is 0.344 bits per heavy atom. The van der Waals surface area contributed by atoms with Crippen LogP contribution in [0.2, 0.25) is 0 Å². The van der Waals surface area contributed by atoms with Gasteiger partial charge in [0.25, 0.3) is 0 Å². The van der Waals surface area contributed by atoms with Gasteiger partial charge in [0.05, 0.1) is 11.1 Å². The van der Waals surface area contributed by atoms with Gasteiger partial charge in [-0.3, -0.25) is 0 Å². The van der Waals surface area contributed by atoms with Gasteiger partial charge in [0, 0.05) is 22.4 Å². The maximum atomic E-state index is 2.50. The molecule has 0 aliphatic heterocycles. The lowest BCUT2D eigenvalue weighted by atomic mass is 9.65. The summed E-state index contributed by atoms with van der Waals surface area (Å²) in [6.45, 7) is 4.71. The molecule has 290 valence electrons. The standard InChI is InChI=1S/C60H45N/c1-59(2)55-32-17-16-30-52(55)54-41-49(38-39-56(54)59)61(57-40-33-43-20-13-15-29-51(43)58(57)53-31-18-21-42-19-12-14-28-50(42)53)48-36-34-47(35-37-48)60(44-22-6-3-7-23-44,45-24-8-4-9-25-45)46-26-10-5-11-27-46/h3-41H,1-2H3. The number of anilines is 3. The average molecular weight is 780 g/mol. The second kappa shape index (κ2) is 14.7. The van der Waals surface area contributed by atoms with Crippen LogP contribution in [0, 0.1) is 0 Å². The third-order valence-corrected chi connectivity index (χ3v) is 13.2. The van der Waals surface area contributed by atoms with E-state index >= 15 is 0 Å². The normalized spacial score (nSPS) is 12.9. The summed E-state index contributed by atoms with van der Waals surface area (Å²) in [5.41, 5.74) is 15.4. The summed E-state index contributed by atoms with van der Waals surface area (Å²) in [6, 6.07) is 87.4. The lowest BCUT2D eigenvalue weighted by molar-refractivity contribution is 0.660. The lowest BCUT2D eigenvalue weighted by Crippen LogP contribution is -2.31. The Hall–Kier alpha value is -7.48. The van der Waals surface area contributed by atoms with E-state index in [-0.39, 0.29) is 5.41 Å². The molecule has 0 saturated heterocycles. The van der Waals surface area contributed by atoms with Gasteiger partial charge in [0.2, 0.25) is 0 Å². The predicted octanol–water partition coefficient (Wildman–Crippen LogP) is 15.8. The second-order valence-electron chi connectivity index (χ2n) is 16.8. The molecule has 61 heavy (non-hydrogen) atoms. The van der Waals surface area contributed by atoms with E-state index in [0.717, 1.165) is 17.1 Å². The number of nitrogens with zero attached hydrogens (tertiary/aromatic N) is 1. The van der Waals surface area contributed by atoms with Crippen LogP contribution in [-0.2, 0) is 10.8 Å². The van der Waals surface area contributed by atoms with Crippen LogP contribution in [0.5, 0.6) is 0 Å². The molecule has 0 saturated carbocycles. The number of hydrogen-bond acceptors (Lipinski definition) is 1. The smallest absolute Gasteiger partial charge is 0.0701 e. The van der Waals surface area contributed by atoms with Gasteiger partial charge in [-0.05, 0) is 102 Å². The Labute approximate surface area is 358 Å².